The quantitative estimate of drug-likeness (QED) is 0.864. The number of rotatable bonds is 1. The second-order valence-electron chi connectivity index (χ2n) is 6.47. The van der Waals surface area contributed by atoms with Gasteiger partial charge in [0.25, 0.3) is 5.91 Å². The zero-order chi connectivity index (χ0) is 17.6. The molecule has 2 heterocycles. The molecule has 2 aromatic rings. The normalized spacial score (nSPS) is 21.8. The van der Waals surface area contributed by atoms with Gasteiger partial charge in [0.2, 0.25) is 0 Å². The van der Waals surface area contributed by atoms with Gasteiger partial charge in [-0.15, -0.1) is 0 Å². The van der Waals surface area contributed by atoms with Crippen LogP contribution in [0, 0.1) is 11.3 Å². The first-order chi connectivity index (χ1) is 12.0. The third-order valence-electron chi connectivity index (χ3n) is 5.01. The van der Waals surface area contributed by atoms with Crippen molar-refractivity contribution < 1.29 is 4.79 Å². The van der Waals surface area contributed by atoms with E-state index < -0.39 is 5.54 Å². The molecular weight excluding hydrogens is 314 g/mol. The Morgan fingerprint density at radius 1 is 1.36 bits per heavy atom. The fourth-order valence-corrected chi connectivity index (χ4v) is 3.68. The number of nitrogens with zero attached hydrogens (tertiary/aromatic N) is 4. The Hall–Kier alpha value is -3.20. The summed E-state index contributed by atoms with van der Waals surface area (Å²) in [7, 11) is 1.66. The minimum atomic E-state index is -0.934. The van der Waals surface area contributed by atoms with Crippen LogP contribution in [0.25, 0.3) is 11.3 Å². The summed E-state index contributed by atoms with van der Waals surface area (Å²) in [5.74, 6) is 0.163. The third kappa shape index (κ3) is 2.20. The second kappa shape index (κ2) is 5.42. The molecule has 0 radical (unpaired) electrons. The summed E-state index contributed by atoms with van der Waals surface area (Å²) in [5, 5.41) is 9.11. The minimum absolute atomic E-state index is 0.0890. The lowest BCUT2D eigenvalue weighted by molar-refractivity contribution is -0.131. The van der Waals surface area contributed by atoms with Crippen LogP contribution in [0.2, 0.25) is 0 Å². The first kappa shape index (κ1) is 15.3. The number of fused-ring (bicyclic) bond motifs is 2. The van der Waals surface area contributed by atoms with Crippen molar-refractivity contribution in [1.29, 1.82) is 5.26 Å². The Morgan fingerprint density at radius 3 is 2.92 bits per heavy atom. The SMILES string of the molecule is CN1C(=O)C2(CCCc3cnc(-c4cccc(C#N)c4)cc32)N=C1N. The number of aromatic nitrogens is 1. The van der Waals surface area contributed by atoms with E-state index in [0.29, 0.717) is 12.0 Å². The van der Waals surface area contributed by atoms with Crippen LogP contribution in [0.4, 0.5) is 0 Å². The van der Waals surface area contributed by atoms with Gasteiger partial charge in [-0.1, -0.05) is 12.1 Å². The maximum absolute atomic E-state index is 12.9. The fraction of sp³-hybridized carbons (Fsp3) is 0.263. The number of aryl methyl sites for hydroxylation is 1. The number of hydrogen-bond acceptors (Lipinski definition) is 5. The molecule has 6 nitrogen and oxygen atoms in total. The van der Waals surface area contributed by atoms with Crippen molar-refractivity contribution in [1.82, 2.24) is 9.88 Å². The molecule has 4 rings (SSSR count). The Labute approximate surface area is 145 Å². The number of carbonyl (C=O) groups excluding carboxylic acids is 1. The molecule has 25 heavy (non-hydrogen) atoms. The summed E-state index contributed by atoms with van der Waals surface area (Å²) in [6.45, 7) is 0. The van der Waals surface area contributed by atoms with Gasteiger partial charge < -0.3 is 5.73 Å². The molecule has 0 fully saturated rings. The summed E-state index contributed by atoms with van der Waals surface area (Å²) in [6.07, 6.45) is 4.21. The molecule has 2 aliphatic rings. The molecule has 1 atom stereocenters. The topological polar surface area (TPSA) is 95.4 Å². The molecule has 1 aromatic carbocycles. The number of likely N-dealkylation sites (N-methyl/N-ethyl adjacent to an activating group) is 1. The Balaban J connectivity index is 1.88. The molecule has 1 spiro atoms. The van der Waals surface area contributed by atoms with Crippen molar-refractivity contribution in [3.63, 3.8) is 0 Å². The van der Waals surface area contributed by atoms with E-state index in [1.54, 1.807) is 19.2 Å². The van der Waals surface area contributed by atoms with E-state index in [2.05, 4.69) is 16.0 Å². The highest BCUT2D eigenvalue weighted by molar-refractivity contribution is 6.07. The van der Waals surface area contributed by atoms with Crippen LogP contribution in [0.5, 0.6) is 0 Å². The number of guanidine groups is 1. The molecule has 0 bridgehead atoms. The first-order valence-corrected chi connectivity index (χ1v) is 8.18. The van der Waals surface area contributed by atoms with Crippen LogP contribution in [0.1, 0.15) is 29.5 Å². The van der Waals surface area contributed by atoms with E-state index >= 15 is 0 Å². The van der Waals surface area contributed by atoms with Gasteiger partial charge >= 0.3 is 0 Å². The van der Waals surface area contributed by atoms with Crippen LogP contribution in [0.15, 0.2) is 41.5 Å². The van der Waals surface area contributed by atoms with Crippen LogP contribution in [-0.2, 0) is 16.8 Å². The van der Waals surface area contributed by atoms with E-state index in [1.165, 1.54) is 4.90 Å². The van der Waals surface area contributed by atoms with Gasteiger partial charge in [-0.2, -0.15) is 5.26 Å². The van der Waals surface area contributed by atoms with Crippen molar-refractivity contribution in [2.75, 3.05) is 7.05 Å². The predicted molar refractivity (Wildman–Crippen MR) is 93.4 cm³/mol. The zero-order valence-corrected chi connectivity index (χ0v) is 13.9. The summed E-state index contributed by atoms with van der Waals surface area (Å²) in [4.78, 5) is 23.4. The Kier molecular flexibility index (Phi) is 3.32. The number of nitrogens with two attached hydrogens (primary N) is 1. The summed E-state index contributed by atoms with van der Waals surface area (Å²) < 4.78 is 0. The van der Waals surface area contributed by atoms with E-state index in [4.69, 9.17) is 11.0 Å². The molecule has 1 aromatic heterocycles. The van der Waals surface area contributed by atoms with Crippen molar-refractivity contribution in [2.24, 2.45) is 10.7 Å². The van der Waals surface area contributed by atoms with Gasteiger partial charge in [0.15, 0.2) is 11.5 Å². The second-order valence-corrected chi connectivity index (χ2v) is 6.47. The third-order valence-corrected chi connectivity index (χ3v) is 5.01. The maximum Gasteiger partial charge on any atom is 0.261 e. The molecule has 1 amide bonds. The minimum Gasteiger partial charge on any atom is -0.369 e. The molecule has 1 unspecified atom stereocenters. The Morgan fingerprint density at radius 2 is 2.20 bits per heavy atom. The van der Waals surface area contributed by atoms with E-state index in [0.717, 1.165) is 35.2 Å². The van der Waals surface area contributed by atoms with Crippen LogP contribution >= 0.6 is 0 Å². The zero-order valence-electron chi connectivity index (χ0n) is 13.9. The van der Waals surface area contributed by atoms with Gasteiger partial charge in [-0.25, -0.2) is 4.99 Å². The largest absolute Gasteiger partial charge is 0.369 e. The van der Waals surface area contributed by atoms with Gasteiger partial charge in [0, 0.05) is 18.8 Å². The monoisotopic (exact) mass is 331 g/mol. The van der Waals surface area contributed by atoms with Crippen LogP contribution in [0.3, 0.4) is 0 Å². The fourth-order valence-electron chi connectivity index (χ4n) is 3.68. The lowest BCUT2D eigenvalue weighted by Crippen LogP contribution is -2.42. The Bertz CT molecular complexity index is 959. The molecule has 0 saturated heterocycles. The number of nitriles is 1. The van der Waals surface area contributed by atoms with Crippen molar-refractivity contribution >= 4 is 11.9 Å². The summed E-state index contributed by atoms with van der Waals surface area (Å²) >= 11 is 0. The van der Waals surface area contributed by atoms with Crippen molar-refractivity contribution in [3.8, 4) is 17.3 Å². The lowest BCUT2D eigenvalue weighted by Gasteiger charge is -2.31. The smallest absolute Gasteiger partial charge is 0.261 e. The molecule has 1 aliphatic heterocycles. The van der Waals surface area contributed by atoms with Crippen LogP contribution in [-0.4, -0.2) is 28.8 Å². The van der Waals surface area contributed by atoms with Crippen molar-refractivity contribution in [2.45, 2.75) is 24.8 Å². The molecular formula is C19H17N5O. The number of hydrogen-bond donors (Lipinski definition) is 1. The molecule has 124 valence electrons. The number of carbonyl (C=O) groups is 1. The first-order valence-electron chi connectivity index (χ1n) is 8.18. The number of amides is 1. The van der Waals surface area contributed by atoms with E-state index in [9.17, 15) is 4.79 Å². The van der Waals surface area contributed by atoms with E-state index in [1.807, 2.05) is 24.4 Å². The van der Waals surface area contributed by atoms with Gasteiger partial charge in [0.1, 0.15) is 0 Å². The number of benzene rings is 1. The number of aliphatic imine (C=N–C) groups is 1. The van der Waals surface area contributed by atoms with Gasteiger partial charge in [-0.05, 0) is 48.6 Å². The molecule has 0 saturated carbocycles. The summed E-state index contributed by atoms with van der Waals surface area (Å²) in [5.41, 5.74) is 9.05. The van der Waals surface area contributed by atoms with Gasteiger partial charge in [0.05, 0.1) is 17.3 Å². The summed E-state index contributed by atoms with van der Waals surface area (Å²) in [6, 6.07) is 11.4. The average Bonchev–Trinajstić information content (AvgIpc) is 2.86. The van der Waals surface area contributed by atoms with Crippen molar-refractivity contribution in [3.05, 3.63) is 53.2 Å². The lowest BCUT2D eigenvalue weighted by atomic mass is 9.76. The standard InChI is InChI=1S/C19H17N5O/c1-24-17(25)19(23-18(24)21)7-3-6-14-11-22-16(9-15(14)19)13-5-2-4-12(8-13)10-20/h2,4-5,8-9,11H,3,6-7H2,1H3,(H2,21,23). The highest BCUT2D eigenvalue weighted by atomic mass is 16.2. The molecule has 2 N–H and O–H groups in total. The highest BCUT2D eigenvalue weighted by Crippen LogP contribution is 2.43. The molecule has 6 heteroatoms. The average molecular weight is 331 g/mol. The number of pyridine rings is 1. The predicted octanol–water partition coefficient (Wildman–Crippen LogP) is 1.94. The van der Waals surface area contributed by atoms with E-state index in [-0.39, 0.29) is 11.9 Å². The van der Waals surface area contributed by atoms with Gasteiger partial charge in [-0.3, -0.25) is 14.7 Å². The maximum atomic E-state index is 12.9. The van der Waals surface area contributed by atoms with Crippen LogP contribution < -0.4 is 5.73 Å². The molecule has 1 aliphatic carbocycles. The highest BCUT2D eigenvalue weighted by Gasteiger charge is 2.50.